The van der Waals surface area contributed by atoms with Crippen molar-refractivity contribution in [3.05, 3.63) is 35.9 Å². The number of rotatable bonds is 7. The number of hydrogen-bond acceptors (Lipinski definition) is 3. The summed E-state index contributed by atoms with van der Waals surface area (Å²) in [5.74, 6) is 0.0945. The topological polar surface area (TPSA) is 75.4 Å². The van der Waals surface area contributed by atoms with E-state index in [1.54, 1.807) is 0 Å². The number of halogens is 1. The zero-order chi connectivity index (χ0) is 19.1. The molecule has 1 aliphatic rings. The number of likely N-dealkylation sites (tertiary alicyclic amines) is 1. The van der Waals surface area contributed by atoms with Crippen molar-refractivity contribution in [2.24, 2.45) is 17.6 Å². The number of amides is 2. The van der Waals surface area contributed by atoms with Gasteiger partial charge in [0.05, 0.1) is 5.92 Å². The Hall–Kier alpha value is -1.59. The molecule has 0 aliphatic carbocycles. The lowest BCUT2D eigenvalue weighted by molar-refractivity contribution is -0.137. The molecule has 0 aromatic heterocycles. The van der Waals surface area contributed by atoms with Crippen molar-refractivity contribution in [2.45, 2.75) is 58.5 Å². The normalized spacial score (nSPS) is 17.1. The number of benzene rings is 1. The fraction of sp³-hybridized carbons (Fsp3) is 0.619. The van der Waals surface area contributed by atoms with Crippen molar-refractivity contribution >= 4 is 24.2 Å². The van der Waals surface area contributed by atoms with Gasteiger partial charge < -0.3 is 16.0 Å². The Balaban J connectivity index is 0.00000364. The summed E-state index contributed by atoms with van der Waals surface area (Å²) in [6.45, 7) is 7.45. The summed E-state index contributed by atoms with van der Waals surface area (Å²) in [7, 11) is 0. The average Bonchev–Trinajstić information content (AvgIpc) is 2.68. The first kappa shape index (κ1) is 23.4. The van der Waals surface area contributed by atoms with E-state index in [0.717, 1.165) is 44.3 Å². The first-order valence-electron chi connectivity index (χ1n) is 9.87. The van der Waals surface area contributed by atoms with E-state index in [4.69, 9.17) is 5.73 Å². The molecule has 3 N–H and O–H groups in total. The van der Waals surface area contributed by atoms with Crippen molar-refractivity contribution in [2.75, 3.05) is 13.1 Å². The maximum absolute atomic E-state index is 12.6. The van der Waals surface area contributed by atoms with Crippen LogP contribution >= 0.6 is 12.4 Å². The molecule has 2 unspecified atom stereocenters. The van der Waals surface area contributed by atoms with Crippen LogP contribution in [0.4, 0.5) is 0 Å². The Morgan fingerprint density at radius 1 is 1.15 bits per heavy atom. The minimum atomic E-state index is -0.312. The van der Waals surface area contributed by atoms with Crippen LogP contribution in [0.1, 0.15) is 58.1 Å². The molecule has 0 spiro atoms. The minimum absolute atomic E-state index is 0. The summed E-state index contributed by atoms with van der Waals surface area (Å²) in [5.41, 5.74) is 7.23. The highest BCUT2D eigenvalue weighted by molar-refractivity contribution is 5.85. The molecule has 1 aromatic rings. The zero-order valence-corrected chi connectivity index (χ0v) is 17.5. The molecule has 1 saturated heterocycles. The maximum Gasteiger partial charge on any atom is 0.225 e. The predicted molar refractivity (Wildman–Crippen MR) is 112 cm³/mol. The number of piperidine rings is 1. The summed E-state index contributed by atoms with van der Waals surface area (Å²) in [6, 6.07) is 9.54. The Morgan fingerprint density at radius 2 is 1.70 bits per heavy atom. The summed E-state index contributed by atoms with van der Waals surface area (Å²) in [5, 5.41) is 3.13. The van der Waals surface area contributed by atoms with Crippen molar-refractivity contribution in [3.8, 4) is 0 Å². The van der Waals surface area contributed by atoms with Gasteiger partial charge >= 0.3 is 0 Å². The van der Waals surface area contributed by atoms with Crippen LogP contribution in [0.3, 0.4) is 0 Å². The van der Waals surface area contributed by atoms with Crippen molar-refractivity contribution in [1.82, 2.24) is 10.2 Å². The third kappa shape index (κ3) is 6.22. The standard InChI is InChI=1S/C21H33N3O2.ClH/c1-4-16(5-2)21(26)24-13-11-18(12-14-24)23-20(25)15(3)19(22)17-9-7-6-8-10-17;/h6-10,15-16,18-19H,4-5,11-14,22H2,1-3H3,(H,23,25);1H. The summed E-state index contributed by atoms with van der Waals surface area (Å²) < 4.78 is 0. The third-order valence-electron chi connectivity index (χ3n) is 5.62. The molecule has 0 radical (unpaired) electrons. The van der Waals surface area contributed by atoms with Crippen LogP contribution in [0.15, 0.2) is 30.3 Å². The Bertz CT molecular complexity index is 584. The predicted octanol–water partition coefficient (Wildman–Crippen LogP) is 3.29. The quantitative estimate of drug-likeness (QED) is 0.743. The van der Waals surface area contributed by atoms with Gasteiger partial charge in [0.2, 0.25) is 11.8 Å². The Morgan fingerprint density at radius 3 is 2.22 bits per heavy atom. The number of nitrogens with zero attached hydrogens (tertiary/aromatic N) is 1. The molecular weight excluding hydrogens is 362 g/mol. The molecule has 152 valence electrons. The van der Waals surface area contributed by atoms with E-state index >= 15 is 0 Å². The van der Waals surface area contributed by atoms with Gasteiger partial charge in [-0.2, -0.15) is 0 Å². The second-order valence-corrected chi connectivity index (χ2v) is 7.35. The Labute approximate surface area is 169 Å². The van der Waals surface area contributed by atoms with Gasteiger partial charge in [0.1, 0.15) is 0 Å². The molecule has 0 bridgehead atoms. The van der Waals surface area contributed by atoms with Crippen LogP contribution in [-0.4, -0.2) is 35.8 Å². The lowest BCUT2D eigenvalue weighted by atomic mass is 9.93. The molecule has 2 atom stereocenters. The smallest absolute Gasteiger partial charge is 0.225 e. The first-order chi connectivity index (χ1) is 12.5. The highest BCUT2D eigenvalue weighted by atomic mass is 35.5. The first-order valence-corrected chi connectivity index (χ1v) is 9.87. The maximum atomic E-state index is 12.6. The van der Waals surface area contributed by atoms with Crippen molar-refractivity contribution in [3.63, 3.8) is 0 Å². The Kier molecular flexibility index (Phi) is 9.81. The van der Waals surface area contributed by atoms with Gasteiger partial charge in [-0.05, 0) is 31.2 Å². The molecular formula is C21H34ClN3O2. The fourth-order valence-corrected chi connectivity index (χ4v) is 3.60. The average molecular weight is 396 g/mol. The lowest BCUT2D eigenvalue weighted by Crippen LogP contribution is -2.49. The molecule has 0 saturated carbocycles. The van der Waals surface area contributed by atoms with E-state index in [0.29, 0.717) is 0 Å². The van der Waals surface area contributed by atoms with Crippen LogP contribution in [-0.2, 0) is 9.59 Å². The molecule has 1 aromatic carbocycles. The number of carbonyl (C=O) groups is 2. The number of hydrogen-bond donors (Lipinski definition) is 2. The van der Waals surface area contributed by atoms with E-state index in [1.807, 2.05) is 42.2 Å². The molecule has 1 fully saturated rings. The van der Waals surface area contributed by atoms with Crippen LogP contribution in [0.5, 0.6) is 0 Å². The van der Waals surface area contributed by atoms with E-state index < -0.39 is 0 Å². The lowest BCUT2D eigenvalue weighted by Gasteiger charge is -2.35. The number of carbonyl (C=O) groups excluding carboxylic acids is 2. The largest absolute Gasteiger partial charge is 0.353 e. The number of nitrogens with two attached hydrogens (primary N) is 1. The SMILES string of the molecule is CCC(CC)C(=O)N1CCC(NC(=O)C(C)C(N)c2ccccc2)CC1.Cl. The third-order valence-corrected chi connectivity index (χ3v) is 5.62. The molecule has 5 nitrogen and oxygen atoms in total. The molecule has 2 rings (SSSR count). The van der Waals surface area contributed by atoms with Gasteiger partial charge in [-0.3, -0.25) is 9.59 Å². The highest BCUT2D eigenvalue weighted by Crippen LogP contribution is 2.21. The van der Waals surface area contributed by atoms with Gasteiger partial charge in [-0.1, -0.05) is 51.1 Å². The van der Waals surface area contributed by atoms with Crippen LogP contribution < -0.4 is 11.1 Å². The van der Waals surface area contributed by atoms with Crippen LogP contribution in [0.2, 0.25) is 0 Å². The fourth-order valence-electron chi connectivity index (χ4n) is 3.60. The monoisotopic (exact) mass is 395 g/mol. The van der Waals surface area contributed by atoms with Crippen molar-refractivity contribution < 1.29 is 9.59 Å². The van der Waals surface area contributed by atoms with Gasteiger partial charge in [0.25, 0.3) is 0 Å². The zero-order valence-electron chi connectivity index (χ0n) is 16.7. The van der Waals surface area contributed by atoms with E-state index in [-0.39, 0.29) is 48.1 Å². The molecule has 1 aliphatic heterocycles. The highest BCUT2D eigenvalue weighted by Gasteiger charge is 2.29. The van der Waals surface area contributed by atoms with Crippen molar-refractivity contribution in [1.29, 1.82) is 0 Å². The second-order valence-electron chi connectivity index (χ2n) is 7.35. The van der Waals surface area contributed by atoms with Gasteiger partial charge in [-0.15, -0.1) is 12.4 Å². The van der Waals surface area contributed by atoms with Gasteiger partial charge in [0.15, 0.2) is 0 Å². The number of nitrogens with one attached hydrogen (secondary N) is 1. The van der Waals surface area contributed by atoms with Crippen LogP contribution in [0, 0.1) is 11.8 Å². The summed E-state index contributed by atoms with van der Waals surface area (Å²) >= 11 is 0. The molecule has 27 heavy (non-hydrogen) atoms. The van der Waals surface area contributed by atoms with E-state index in [2.05, 4.69) is 19.2 Å². The molecule has 2 amide bonds. The van der Waals surface area contributed by atoms with E-state index in [1.165, 1.54) is 0 Å². The molecule has 1 heterocycles. The second kappa shape index (κ2) is 11.3. The summed E-state index contributed by atoms with van der Waals surface area (Å²) in [4.78, 5) is 27.0. The van der Waals surface area contributed by atoms with Crippen LogP contribution in [0.25, 0.3) is 0 Å². The van der Waals surface area contributed by atoms with Gasteiger partial charge in [-0.25, -0.2) is 0 Å². The molecule has 6 heteroatoms. The van der Waals surface area contributed by atoms with E-state index in [9.17, 15) is 9.59 Å². The summed E-state index contributed by atoms with van der Waals surface area (Å²) in [6.07, 6.45) is 3.40. The minimum Gasteiger partial charge on any atom is -0.353 e. The van der Waals surface area contributed by atoms with Gasteiger partial charge in [0, 0.05) is 31.1 Å².